The molecule has 3 N–H and O–H groups in total. The molecule has 1 aromatic rings. The Kier molecular flexibility index (Phi) is 3.07. The molecule has 3 rings (SSSR count). The van der Waals surface area contributed by atoms with E-state index >= 15 is 0 Å². The molecule has 1 saturated heterocycles. The van der Waals surface area contributed by atoms with Crippen LogP contribution in [0.1, 0.15) is 54.2 Å². The molecule has 2 aliphatic rings. The second-order valence-electron chi connectivity index (χ2n) is 5.51. The molecular weight excluding hydrogens is 228 g/mol. The van der Waals surface area contributed by atoms with Gasteiger partial charge in [0.05, 0.1) is 23.5 Å². The molecule has 1 aliphatic carbocycles. The fourth-order valence-electron chi connectivity index (χ4n) is 2.91. The van der Waals surface area contributed by atoms with Gasteiger partial charge in [0.15, 0.2) is 0 Å². The van der Waals surface area contributed by atoms with Gasteiger partial charge in [0.2, 0.25) is 0 Å². The maximum atomic E-state index is 11.4. The minimum absolute atomic E-state index is 0.296. The summed E-state index contributed by atoms with van der Waals surface area (Å²) in [6.07, 6.45) is 7.83. The van der Waals surface area contributed by atoms with Crippen LogP contribution in [0.5, 0.6) is 0 Å². The Morgan fingerprint density at radius 1 is 1.44 bits per heavy atom. The average molecular weight is 248 g/mol. The topological polar surface area (TPSA) is 75.0 Å². The van der Waals surface area contributed by atoms with Crippen molar-refractivity contribution in [2.24, 2.45) is 11.7 Å². The number of H-pyrrole nitrogens is 1. The van der Waals surface area contributed by atoms with E-state index in [0.29, 0.717) is 11.6 Å². The molecule has 0 spiro atoms. The third-order valence-corrected chi connectivity index (χ3v) is 4.07. The normalized spacial score (nSPS) is 25.2. The van der Waals surface area contributed by atoms with Crippen molar-refractivity contribution in [2.45, 2.75) is 38.1 Å². The lowest BCUT2D eigenvalue weighted by Crippen LogP contribution is -2.36. The Morgan fingerprint density at radius 3 is 3.00 bits per heavy atom. The number of aromatic nitrogens is 2. The quantitative estimate of drug-likeness (QED) is 0.846. The molecule has 5 heteroatoms. The number of hydrogen-bond acceptors (Lipinski definition) is 3. The van der Waals surface area contributed by atoms with Gasteiger partial charge in [-0.15, -0.1) is 0 Å². The molecule has 0 bridgehead atoms. The molecule has 18 heavy (non-hydrogen) atoms. The summed E-state index contributed by atoms with van der Waals surface area (Å²) in [4.78, 5) is 13.9. The lowest BCUT2D eigenvalue weighted by molar-refractivity contribution is 0.0990. The van der Waals surface area contributed by atoms with Crippen molar-refractivity contribution in [2.75, 3.05) is 13.1 Å². The van der Waals surface area contributed by atoms with Crippen LogP contribution in [0.2, 0.25) is 0 Å². The smallest absolute Gasteiger partial charge is 0.252 e. The van der Waals surface area contributed by atoms with Crippen LogP contribution in [-0.2, 0) is 0 Å². The Morgan fingerprint density at radius 2 is 2.28 bits per heavy atom. The van der Waals surface area contributed by atoms with Crippen LogP contribution < -0.4 is 5.73 Å². The van der Waals surface area contributed by atoms with Crippen molar-refractivity contribution in [1.82, 2.24) is 15.1 Å². The number of nitrogens with zero attached hydrogens (tertiary/aromatic N) is 2. The maximum absolute atomic E-state index is 11.4. The standard InChI is InChI=1S/C13H20N4O/c14-13(18)10-7-15-16-12(10)11-3-1-2-6-17(11)8-9-4-5-9/h7,9,11H,1-6,8H2,(H2,14,18)(H,15,16). The second-order valence-corrected chi connectivity index (χ2v) is 5.51. The van der Waals surface area contributed by atoms with Crippen LogP contribution in [0, 0.1) is 5.92 Å². The molecule has 0 aromatic carbocycles. The number of rotatable bonds is 4. The van der Waals surface area contributed by atoms with Gasteiger partial charge in [-0.25, -0.2) is 0 Å². The zero-order valence-electron chi connectivity index (χ0n) is 10.6. The molecule has 1 saturated carbocycles. The number of nitrogens with two attached hydrogens (primary N) is 1. The van der Waals surface area contributed by atoms with Crippen molar-refractivity contribution < 1.29 is 4.79 Å². The molecule has 1 aromatic heterocycles. The highest BCUT2D eigenvalue weighted by Gasteiger charge is 2.32. The van der Waals surface area contributed by atoms with Crippen LogP contribution >= 0.6 is 0 Å². The predicted molar refractivity (Wildman–Crippen MR) is 68.0 cm³/mol. The highest BCUT2D eigenvalue weighted by molar-refractivity contribution is 5.93. The fourth-order valence-corrected chi connectivity index (χ4v) is 2.91. The van der Waals surface area contributed by atoms with E-state index in [9.17, 15) is 4.79 Å². The Balaban J connectivity index is 1.81. The van der Waals surface area contributed by atoms with E-state index in [0.717, 1.165) is 31.1 Å². The van der Waals surface area contributed by atoms with E-state index in [1.165, 1.54) is 25.7 Å². The number of aromatic amines is 1. The largest absolute Gasteiger partial charge is 0.365 e. The van der Waals surface area contributed by atoms with Crippen molar-refractivity contribution in [3.05, 3.63) is 17.5 Å². The van der Waals surface area contributed by atoms with Crippen LogP contribution in [0.15, 0.2) is 6.20 Å². The number of likely N-dealkylation sites (tertiary alicyclic amines) is 1. The van der Waals surface area contributed by atoms with Gasteiger partial charge in [0.25, 0.3) is 5.91 Å². The lowest BCUT2D eigenvalue weighted by Gasteiger charge is -2.35. The summed E-state index contributed by atoms with van der Waals surface area (Å²) in [7, 11) is 0. The third kappa shape index (κ3) is 2.27. The number of primary amides is 1. The molecular formula is C13H20N4O. The zero-order chi connectivity index (χ0) is 12.5. The average Bonchev–Trinajstić information content (AvgIpc) is 3.04. The summed E-state index contributed by atoms with van der Waals surface area (Å²) in [6.45, 7) is 2.28. The van der Waals surface area contributed by atoms with Crippen molar-refractivity contribution >= 4 is 5.91 Å². The van der Waals surface area contributed by atoms with Crippen LogP contribution in [0.3, 0.4) is 0 Å². The first-order valence-electron chi connectivity index (χ1n) is 6.83. The van der Waals surface area contributed by atoms with Crippen molar-refractivity contribution in [3.8, 4) is 0 Å². The number of piperidine rings is 1. The highest BCUT2D eigenvalue weighted by atomic mass is 16.1. The molecule has 1 aliphatic heterocycles. The van der Waals surface area contributed by atoms with Gasteiger partial charge < -0.3 is 5.73 Å². The number of carbonyl (C=O) groups excluding carboxylic acids is 1. The SMILES string of the molecule is NC(=O)c1cn[nH]c1C1CCCCN1CC1CC1. The number of amides is 1. The molecule has 2 heterocycles. The first-order valence-corrected chi connectivity index (χ1v) is 6.83. The van der Waals surface area contributed by atoms with Crippen molar-refractivity contribution in [3.63, 3.8) is 0 Å². The summed E-state index contributed by atoms with van der Waals surface area (Å²) in [5.41, 5.74) is 6.88. The summed E-state index contributed by atoms with van der Waals surface area (Å²) in [6, 6.07) is 0.296. The summed E-state index contributed by atoms with van der Waals surface area (Å²) < 4.78 is 0. The summed E-state index contributed by atoms with van der Waals surface area (Å²) in [5.74, 6) is 0.487. The first-order chi connectivity index (χ1) is 8.75. The zero-order valence-corrected chi connectivity index (χ0v) is 10.6. The van der Waals surface area contributed by atoms with Gasteiger partial charge in [-0.1, -0.05) is 6.42 Å². The first kappa shape index (κ1) is 11.7. The van der Waals surface area contributed by atoms with Gasteiger partial charge in [0.1, 0.15) is 0 Å². The van der Waals surface area contributed by atoms with Gasteiger partial charge in [-0.3, -0.25) is 14.8 Å². The Hall–Kier alpha value is -1.36. The Bertz CT molecular complexity index is 438. The van der Waals surface area contributed by atoms with E-state index in [-0.39, 0.29) is 5.91 Å². The van der Waals surface area contributed by atoms with Gasteiger partial charge in [-0.05, 0) is 38.1 Å². The molecule has 1 atom stereocenters. The molecule has 5 nitrogen and oxygen atoms in total. The van der Waals surface area contributed by atoms with Crippen LogP contribution in [0.4, 0.5) is 0 Å². The second kappa shape index (κ2) is 4.72. The third-order valence-electron chi connectivity index (χ3n) is 4.07. The number of hydrogen-bond donors (Lipinski definition) is 2. The predicted octanol–water partition coefficient (Wildman–Crippen LogP) is 1.45. The van der Waals surface area contributed by atoms with Gasteiger partial charge >= 0.3 is 0 Å². The van der Waals surface area contributed by atoms with E-state index in [1.54, 1.807) is 6.20 Å². The molecule has 1 amide bonds. The van der Waals surface area contributed by atoms with Gasteiger partial charge in [0, 0.05) is 6.54 Å². The molecule has 2 fully saturated rings. The van der Waals surface area contributed by atoms with Crippen LogP contribution in [-0.4, -0.2) is 34.1 Å². The monoisotopic (exact) mass is 248 g/mol. The van der Waals surface area contributed by atoms with E-state index in [2.05, 4.69) is 15.1 Å². The summed E-state index contributed by atoms with van der Waals surface area (Å²) in [5, 5.41) is 6.98. The van der Waals surface area contributed by atoms with Crippen molar-refractivity contribution in [1.29, 1.82) is 0 Å². The fraction of sp³-hybridized carbons (Fsp3) is 0.692. The van der Waals surface area contributed by atoms with E-state index in [1.807, 2.05) is 0 Å². The molecule has 1 unspecified atom stereocenters. The number of nitrogens with one attached hydrogen (secondary N) is 1. The molecule has 0 radical (unpaired) electrons. The maximum Gasteiger partial charge on any atom is 0.252 e. The van der Waals surface area contributed by atoms with E-state index < -0.39 is 0 Å². The minimum Gasteiger partial charge on any atom is -0.365 e. The minimum atomic E-state index is -0.379. The highest BCUT2D eigenvalue weighted by Crippen LogP contribution is 2.37. The van der Waals surface area contributed by atoms with Gasteiger partial charge in [-0.2, -0.15) is 5.10 Å². The Labute approximate surface area is 107 Å². The lowest BCUT2D eigenvalue weighted by atomic mass is 9.96. The van der Waals surface area contributed by atoms with Crippen LogP contribution in [0.25, 0.3) is 0 Å². The molecule has 98 valence electrons. The summed E-state index contributed by atoms with van der Waals surface area (Å²) >= 11 is 0. The van der Waals surface area contributed by atoms with E-state index in [4.69, 9.17) is 5.73 Å². The number of carbonyl (C=O) groups is 1.